The van der Waals surface area contributed by atoms with Gasteiger partial charge < -0.3 is 9.64 Å². The predicted octanol–water partition coefficient (Wildman–Crippen LogP) is 4.82. The van der Waals surface area contributed by atoms with Crippen LogP contribution in [0.3, 0.4) is 0 Å². The van der Waals surface area contributed by atoms with Gasteiger partial charge in [0.15, 0.2) is 0 Å². The molecule has 0 bridgehead atoms. The zero-order valence-corrected chi connectivity index (χ0v) is 12.4. The van der Waals surface area contributed by atoms with Crippen LogP contribution in [0.2, 0.25) is 0 Å². The highest BCUT2D eigenvalue weighted by molar-refractivity contribution is 5.92. The maximum Gasteiger partial charge on any atom is 0.128 e. The highest BCUT2D eigenvalue weighted by Crippen LogP contribution is 2.54. The summed E-state index contributed by atoms with van der Waals surface area (Å²) in [6.07, 6.45) is 0.220. The van der Waals surface area contributed by atoms with Crippen LogP contribution in [0.5, 0.6) is 0 Å². The molecule has 108 valence electrons. The SMILES string of the molecule is C[C@@H]1O[C@@H]2c3cccc4cccc(c34)[C@@H]2N1c1ccccc1. The van der Waals surface area contributed by atoms with Crippen molar-refractivity contribution in [2.24, 2.45) is 0 Å². The van der Waals surface area contributed by atoms with Gasteiger partial charge in [-0.15, -0.1) is 0 Å². The Morgan fingerprint density at radius 3 is 2.32 bits per heavy atom. The molecule has 1 saturated heterocycles. The summed E-state index contributed by atoms with van der Waals surface area (Å²) in [4.78, 5) is 2.42. The van der Waals surface area contributed by atoms with E-state index in [1.807, 2.05) is 0 Å². The van der Waals surface area contributed by atoms with Gasteiger partial charge in [0.2, 0.25) is 0 Å². The van der Waals surface area contributed by atoms with Gasteiger partial charge in [-0.25, -0.2) is 0 Å². The van der Waals surface area contributed by atoms with Crippen LogP contribution in [0, 0.1) is 0 Å². The zero-order valence-electron chi connectivity index (χ0n) is 12.4. The fourth-order valence-corrected chi connectivity index (χ4v) is 4.13. The molecule has 5 rings (SSSR count). The number of anilines is 1. The Balaban J connectivity index is 1.74. The van der Waals surface area contributed by atoms with Gasteiger partial charge in [-0.2, -0.15) is 0 Å². The molecular formula is C20H17NO. The van der Waals surface area contributed by atoms with E-state index in [1.165, 1.54) is 27.6 Å². The molecule has 3 atom stereocenters. The summed E-state index contributed by atoms with van der Waals surface area (Å²) in [6, 6.07) is 24.0. The van der Waals surface area contributed by atoms with Crippen molar-refractivity contribution in [3.8, 4) is 0 Å². The van der Waals surface area contributed by atoms with Crippen LogP contribution >= 0.6 is 0 Å². The summed E-state index contributed by atoms with van der Waals surface area (Å²) in [6.45, 7) is 2.15. The first-order chi connectivity index (χ1) is 10.8. The molecule has 22 heavy (non-hydrogen) atoms. The second-order valence-electron chi connectivity index (χ2n) is 6.14. The second-order valence-corrected chi connectivity index (χ2v) is 6.14. The van der Waals surface area contributed by atoms with Crippen LogP contribution in [-0.2, 0) is 4.74 Å². The number of benzene rings is 3. The Morgan fingerprint density at radius 2 is 1.55 bits per heavy atom. The number of rotatable bonds is 1. The molecule has 0 unspecified atom stereocenters. The highest BCUT2D eigenvalue weighted by Gasteiger charge is 2.47. The first-order valence-corrected chi connectivity index (χ1v) is 7.85. The Bertz CT molecular complexity index is 853. The smallest absolute Gasteiger partial charge is 0.128 e. The van der Waals surface area contributed by atoms with Crippen molar-refractivity contribution in [3.05, 3.63) is 77.9 Å². The van der Waals surface area contributed by atoms with E-state index in [4.69, 9.17) is 4.74 Å². The normalized spacial score (nSPS) is 25.7. The lowest BCUT2D eigenvalue weighted by Crippen LogP contribution is -2.29. The molecule has 2 nitrogen and oxygen atoms in total. The lowest BCUT2D eigenvalue weighted by Gasteiger charge is -2.28. The van der Waals surface area contributed by atoms with E-state index in [0.29, 0.717) is 0 Å². The minimum absolute atomic E-state index is 0.0843. The molecule has 0 saturated carbocycles. The van der Waals surface area contributed by atoms with E-state index in [9.17, 15) is 0 Å². The highest BCUT2D eigenvalue weighted by atomic mass is 16.5. The molecule has 3 aromatic carbocycles. The van der Waals surface area contributed by atoms with Crippen LogP contribution in [0.1, 0.15) is 30.2 Å². The van der Waals surface area contributed by atoms with Gasteiger partial charge >= 0.3 is 0 Å². The van der Waals surface area contributed by atoms with Crippen molar-refractivity contribution in [1.29, 1.82) is 0 Å². The predicted molar refractivity (Wildman–Crippen MR) is 88.9 cm³/mol. The third-order valence-corrected chi connectivity index (χ3v) is 4.97. The van der Waals surface area contributed by atoms with Crippen molar-refractivity contribution >= 4 is 16.5 Å². The van der Waals surface area contributed by atoms with E-state index in [0.717, 1.165) is 0 Å². The topological polar surface area (TPSA) is 12.5 Å². The number of hydrogen-bond donors (Lipinski definition) is 0. The minimum Gasteiger partial charge on any atom is -0.348 e. The van der Waals surface area contributed by atoms with Crippen LogP contribution in [0.15, 0.2) is 66.7 Å². The molecule has 2 aliphatic rings. The number of ether oxygens (including phenoxy) is 1. The van der Waals surface area contributed by atoms with Crippen molar-refractivity contribution in [1.82, 2.24) is 0 Å². The molecule has 0 radical (unpaired) electrons. The first kappa shape index (κ1) is 12.2. The number of para-hydroxylation sites is 1. The van der Waals surface area contributed by atoms with E-state index >= 15 is 0 Å². The standard InChI is InChI=1S/C20H17NO/c1-13-21(15-9-3-2-4-10-15)19-16-11-5-7-14-8-6-12-17(18(14)16)20(19)22-13/h2-13,19-20H,1H3/t13-,19-,20+/m0/s1. The largest absolute Gasteiger partial charge is 0.348 e. The average Bonchev–Trinajstić information content (AvgIpc) is 3.05. The lowest BCUT2D eigenvalue weighted by atomic mass is 10.0. The van der Waals surface area contributed by atoms with Gasteiger partial charge in [0.25, 0.3) is 0 Å². The Kier molecular flexibility index (Phi) is 2.42. The maximum atomic E-state index is 6.35. The van der Waals surface area contributed by atoms with Gasteiger partial charge in [0, 0.05) is 5.69 Å². The van der Waals surface area contributed by atoms with Crippen molar-refractivity contribution in [2.45, 2.75) is 25.3 Å². The van der Waals surface area contributed by atoms with Gasteiger partial charge in [-0.1, -0.05) is 54.6 Å². The third kappa shape index (κ3) is 1.48. The third-order valence-electron chi connectivity index (χ3n) is 4.97. The quantitative estimate of drug-likeness (QED) is 0.636. The Morgan fingerprint density at radius 1 is 0.818 bits per heavy atom. The van der Waals surface area contributed by atoms with E-state index in [2.05, 4.69) is 78.6 Å². The fraction of sp³-hybridized carbons (Fsp3) is 0.200. The molecule has 0 aromatic heterocycles. The van der Waals surface area contributed by atoms with Crippen molar-refractivity contribution in [3.63, 3.8) is 0 Å². The molecule has 0 spiro atoms. The molecule has 0 amide bonds. The molecule has 1 fully saturated rings. The van der Waals surface area contributed by atoms with Gasteiger partial charge in [0.1, 0.15) is 12.3 Å². The molecule has 1 heterocycles. The maximum absolute atomic E-state index is 6.35. The summed E-state index contributed by atoms with van der Waals surface area (Å²) in [5.74, 6) is 0. The number of nitrogens with zero attached hydrogens (tertiary/aromatic N) is 1. The second kappa shape index (κ2) is 4.34. The molecule has 3 aromatic rings. The minimum atomic E-state index is 0.0843. The lowest BCUT2D eigenvalue weighted by molar-refractivity contribution is 0.0544. The molecular weight excluding hydrogens is 270 g/mol. The molecule has 0 N–H and O–H groups in total. The van der Waals surface area contributed by atoms with Crippen LogP contribution in [-0.4, -0.2) is 6.23 Å². The number of fused-ring (bicyclic) bond motifs is 3. The Labute approximate surface area is 129 Å². The van der Waals surface area contributed by atoms with Gasteiger partial charge in [-0.05, 0) is 41.0 Å². The van der Waals surface area contributed by atoms with Crippen LogP contribution in [0.4, 0.5) is 5.69 Å². The Hall–Kier alpha value is -2.32. The van der Waals surface area contributed by atoms with Crippen LogP contribution in [0.25, 0.3) is 10.8 Å². The van der Waals surface area contributed by atoms with Crippen LogP contribution < -0.4 is 4.90 Å². The molecule has 2 heteroatoms. The first-order valence-electron chi connectivity index (χ1n) is 7.85. The van der Waals surface area contributed by atoms with Crippen molar-refractivity contribution < 1.29 is 4.74 Å². The monoisotopic (exact) mass is 287 g/mol. The molecule has 1 aliphatic heterocycles. The van der Waals surface area contributed by atoms with E-state index in [1.54, 1.807) is 0 Å². The van der Waals surface area contributed by atoms with Gasteiger partial charge in [-0.3, -0.25) is 0 Å². The summed E-state index contributed by atoms with van der Waals surface area (Å²) in [5.41, 5.74) is 3.96. The summed E-state index contributed by atoms with van der Waals surface area (Å²) < 4.78 is 6.35. The number of hydrogen-bond acceptors (Lipinski definition) is 2. The summed E-state index contributed by atoms with van der Waals surface area (Å²) in [5, 5.41) is 2.70. The average molecular weight is 287 g/mol. The van der Waals surface area contributed by atoms with E-state index in [-0.39, 0.29) is 18.4 Å². The van der Waals surface area contributed by atoms with Crippen molar-refractivity contribution in [2.75, 3.05) is 4.90 Å². The summed E-state index contributed by atoms with van der Waals surface area (Å²) in [7, 11) is 0. The fourth-order valence-electron chi connectivity index (χ4n) is 4.13. The van der Waals surface area contributed by atoms with Gasteiger partial charge in [0.05, 0.1) is 6.04 Å². The summed E-state index contributed by atoms with van der Waals surface area (Å²) >= 11 is 0. The zero-order chi connectivity index (χ0) is 14.7. The van der Waals surface area contributed by atoms with E-state index < -0.39 is 0 Å². The molecule has 1 aliphatic carbocycles.